The van der Waals surface area contributed by atoms with Gasteiger partial charge in [-0.1, -0.05) is 24.3 Å². The zero-order valence-electron chi connectivity index (χ0n) is 22.3. The summed E-state index contributed by atoms with van der Waals surface area (Å²) in [6, 6.07) is 4.46. The molecule has 0 unspecified atom stereocenters. The summed E-state index contributed by atoms with van der Waals surface area (Å²) in [6.45, 7) is 11.1. The van der Waals surface area contributed by atoms with Gasteiger partial charge in [-0.3, -0.25) is 10.6 Å². The highest BCUT2D eigenvalue weighted by Crippen LogP contribution is 2.30. The summed E-state index contributed by atoms with van der Waals surface area (Å²) in [5.74, 6) is 0. The van der Waals surface area contributed by atoms with Crippen LogP contribution in [0.3, 0.4) is 0 Å². The minimum atomic E-state index is 0.609. The lowest BCUT2D eigenvalue weighted by Crippen LogP contribution is -2.47. The molecule has 0 aliphatic carbocycles. The standard InChI is InChI=1S/C28H42N6O4/c1-2-24-4-6-26-20-30-8-12-36-16-15-35-11-7-29-19-25-5-3-23(1)27-28(24)34(26)22-32-10-14-38-18-17-37-13-9-31-21-33(25)27/h1-6,29-32H,7-22H2. The molecule has 10 nitrogen and oxygen atoms in total. The summed E-state index contributed by atoms with van der Waals surface area (Å²) in [5, 5.41) is 16.8. The van der Waals surface area contributed by atoms with Crippen LogP contribution in [0.15, 0.2) is 35.7 Å². The fourth-order valence-corrected chi connectivity index (χ4v) is 4.99. The molecule has 5 rings (SSSR count). The predicted molar refractivity (Wildman–Crippen MR) is 151 cm³/mol. The van der Waals surface area contributed by atoms with Gasteiger partial charge in [0.05, 0.1) is 77.6 Å². The molecule has 1 aromatic rings. The molecule has 4 aliphatic rings. The Bertz CT molecular complexity index is 1010. The van der Waals surface area contributed by atoms with Crippen LogP contribution in [0.25, 0.3) is 12.2 Å². The van der Waals surface area contributed by atoms with Crippen LogP contribution in [0, 0.1) is 0 Å². The lowest BCUT2D eigenvalue weighted by Gasteiger charge is -2.38. The average molecular weight is 527 g/mol. The van der Waals surface area contributed by atoms with Crippen LogP contribution in [0.2, 0.25) is 0 Å². The van der Waals surface area contributed by atoms with Gasteiger partial charge in [0.2, 0.25) is 0 Å². The van der Waals surface area contributed by atoms with Crippen LogP contribution in [-0.2, 0) is 18.9 Å². The summed E-state index contributed by atoms with van der Waals surface area (Å²) in [4.78, 5) is 4.84. The molecule has 0 saturated heterocycles. The highest BCUT2D eigenvalue weighted by Gasteiger charge is 2.26. The van der Waals surface area contributed by atoms with Crippen molar-refractivity contribution in [2.45, 2.75) is 0 Å². The Morgan fingerprint density at radius 1 is 0.474 bits per heavy atom. The van der Waals surface area contributed by atoms with Gasteiger partial charge >= 0.3 is 0 Å². The molecule has 0 aromatic heterocycles. The van der Waals surface area contributed by atoms with Crippen LogP contribution in [-0.4, -0.2) is 105 Å². The molecule has 10 heteroatoms. The van der Waals surface area contributed by atoms with Gasteiger partial charge in [-0.15, -0.1) is 0 Å². The van der Waals surface area contributed by atoms with Crippen LogP contribution in [0.5, 0.6) is 0 Å². The van der Waals surface area contributed by atoms with Crippen LogP contribution in [0.1, 0.15) is 0 Å². The Morgan fingerprint density at radius 2 is 0.868 bits per heavy atom. The first-order chi connectivity index (χ1) is 18.9. The molecule has 6 bridgehead atoms. The molecule has 4 heterocycles. The van der Waals surface area contributed by atoms with Crippen molar-refractivity contribution < 1.29 is 18.9 Å². The van der Waals surface area contributed by atoms with Gasteiger partial charge in [0.15, 0.2) is 0 Å². The fourth-order valence-electron chi connectivity index (χ4n) is 4.99. The lowest BCUT2D eigenvalue weighted by atomic mass is 10.0. The van der Waals surface area contributed by atoms with E-state index < -0.39 is 0 Å². The third kappa shape index (κ3) is 7.22. The second kappa shape index (κ2) is 14.8. The van der Waals surface area contributed by atoms with E-state index in [2.05, 4.69) is 67.5 Å². The van der Waals surface area contributed by atoms with Gasteiger partial charge in [-0.2, -0.15) is 0 Å². The Labute approximate surface area is 225 Å². The molecule has 4 aliphatic heterocycles. The Balaban J connectivity index is 1.50. The van der Waals surface area contributed by atoms with Gasteiger partial charge in [0.25, 0.3) is 0 Å². The summed E-state index contributed by atoms with van der Waals surface area (Å²) in [7, 11) is 0. The molecule has 208 valence electrons. The second-order valence-corrected chi connectivity index (χ2v) is 9.57. The zero-order valence-corrected chi connectivity index (χ0v) is 22.3. The minimum Gasteiger partial charge on any atom is -0.378 e. The van der Waals surface area contributed by atoms with Crippen LogP contribution >= 0.6 is 0 Å². The number of allylic oxidation sites excluding steroid dienone is 2. The zero-order chi connectivity index (χ0) is 25.8. The molecule has 0 radical (unpaired) electrons. The van der Waals surface area contributed by atoms with E-state index in [1.165, 1.54) is 33.2 Å². The highest BCUT2D eigenvalue weighted by atomic mass is 16.5. The molecule has 0 spiro atoms. The van der Waals surface area contributed by atoms with E-state index in [1.807, 2.05) is 0 Å². The number of hydrogen-bond donors (Lipinski definition) is 4. The quantitative estimate of drug-likeness (QED) is 0.338. The fraction of sp³-hybridized carbons (Fsp3) is 0.571. The van der Waals surface area contributed by atoms with Gasteiger partial charge in [-0.25, -0.2) is 0 Å². The van der Waals surface area contributed by atoms with E-state index in [1.54, 1.807) is 0 Å². The van der Waals surface area contributed by atoms with Gasteiger partial charge in [0, 0.05) is 61.1 Å². The Morgan fingerprint density at radius 3 is 1.29 bits per heavy atom. The van der Waals surface area contributed by atoms with Gasteiger partial charge < -0.3 is 39.4 Å². The van der Waals surface area contributed by atoms with Crippen molar-refractivity contribution in [3.05, 3.63) is 46.1 Å². The maximum atomic E-state index is 5.76. The number of anilines is 2. The van der Waals surface area contributed by atoms with Crippen molar-refractivity contribution in [2.75, 3.05) is 115 Å². The number of nitrogens with zero attached hydrogens (tertiary/aromatic N) is 2. The second-order valence-electron chi connectivity index (χ2n) is 9.57. The number of rotatable bonds is 0. The highest BCUT2D eigenvalue weighted by molar-refractivity contribution is 5.82. The first-order valence-corrected chi connectivity index (χ1v) is 13.9. The maximum absolute atomic E-state index is 5.76. The third-order valence-electron chi connectivity index (χ3n) is 6.95. The summed E-state index contributed by atoms with van der Waals surface area (Å²) < 4.78 is 23.0. The van der Waals surface area contributed by atoms with E-state index in [0.29, 0.717) is 66.2 Å². The van der Waals surface area contributed by atoms with Crippen LogP contribution in [0.4, 0.5) is 11.4 Å². The molecule has 0 saturated carbocycles. The number of ether oxygens (including phenoxy) is 4. The van der Waals surface area contributed by atoms with Crippen LogP contribution < -0.4 is 41.5 Å². The molecule has 0 atom stereocenters. The molecular formula is C28H42N6O4. The Kier molecular flexibility index (Phi) is 10.6. The Hall–Kier alpha value is -2.28. The summed E-state index contributed by atoms with van der Waals surface area (Å²) >= 11 is 0. The molecular weight excluding hydrogens is 484 g/mol. The van der Waals surface area contributed by atoms with Gasteiger partial charge in [-0.05, 0) is 12.2 Å². The van der Waals surface area contributed by atoms with Crippen molar-refractivity contribution in [1.29, 1.82) is 0 Å². The normalized spacial score (nSPS) is 22.9. The maximum Gasteiger partial charge on any atom is 0.0741 e. The van der Waals surface area contributed by atoms with E-state index in [0.717, 1.165) is 39.3 Å². The topological polar surface area (TPSA) is 91.5 Å². The van der Waals surface area contributed by atoms with Crippen molar-refractivity contribution in [1.82, 2.24) is 21.3 Å². The minimum absolute atomic E-state index is 0.609. The monoisotopic (exact) mass is 526 g/mol. The molecule has 38 heavy (non-hydrogen) atoms. The number of benzene rings is 1. The SMILES string of the molecule is C1=C2CNCCOCCOCCNCC3=CC=c4ccc(c5c4N3CNCCOCCOCCNCN25)=C1. The molecule has 0 fully saturated rings. The van der Waals surface area contributed by atoms with E-state index >= 15 is 0 Å². The van der Waals surface area contributed by atoms with E-state index in [4.69, 9.17) is 18.9 Å². The first kappa shape index (κ1) is 27.3. The smallest absolute Gasteiger partial charge is 0.0741 e. The van der Waals surface area contributed by atoms with Gasteiger partial charge in [0.1, 0.15) is 0 Å². The summed E-state index contributed by atoms with van der Waals surface area (Å²) in [5.41, 5.74) is 4.90. The summed E-state index contributed by atoms with van der Waals surface area (Å²) in [6.07, 6.45) is 8.95. The predicted octanol–water partition coefficient (Wildman–Crippen LogP) is -0.978. The third-order valence-corrected chi connectivity index (χ3v) is 6.95. The molecule has 1 aromatic carbocycles. The number of nitrogens with one attached hydrogen (secondary N) is 4. The largest absolute Gasteiger partial charge is 0.378 e. The van der Waals surface area contributed by atoms with Crippen molar-refractivity contribution in [3.63, 3.8) is 0 Å². The van der Waals surface area contributed by atoms with E-state index in [9.17, 15) is 0 Å². The van der Waals surface area contributed by atoms with Crippen molar-refractivity contribution in [2.24, 2.45) is 0 Å². The molecule has 0 amide bonds. The average Bonchev–Trinajstić information content (AvgIpc) is 2.93. The lowest BCUT2D eigenvalue weighted by molar-refractivity contribution is 0.0498. The van der Waals surface area contributed by atoms with Crippen molar-refractivity contribution >= 4 is 23.5 Å². The number of hydrogen-bond acceptors (Lipinski definition) is 10. The van der Waals surface area contributed by atoms with E-state index in [-0.39, 0.29) is 0 Å². The van der Waals surface area contributed by atoms with Crippen molar-refractivity contribution in [3.8, 4) is 0 Å². The molecule has 4 N–H and O–H groups in total. The first-order valence-electron chi connectivity index (χ1n) is 13.9.